The maximum absolute atomic E-state index is 12.7. The Balaban J connectivity index is 2.68. The molecule has 0 saturated heterocycles. The topological polar surface area (TPSA) is 64.1 Å². The lowest BCUT2D eigenvalue weighted by Crippen LogP contribution is -2.38. The molecule has 25 heavy (non-hydrogen) atoms. The highest BCUT2D eigenvalue weighted by Crippen LogP contribution is 2.26. The summed E-state index contributed by atoms with van der Waals surface area (Å²) in [5.74, 6) is 1.13. The molecule has 0 spiro atoms. The van der Waals surface area contributed by atoms with E-state index in [-0.39, 0.29) is 12.3 Å². The van der Waals surface area contributed by atoms with Crippen molar-refractivity contribution in [3.63, 3.8) is 0 Å². The van der Waals surface area contributed by atoms with E-state index in [4.69, 9.17) is 9.47 Å². The largest absolute Gasteiger partial charge is 0.493 e. The van der Waals surface area contributed by atoms with E-state index in [1.54, 1.807) is 19.2 Å². The van der Waals surface area contributed by atoms with Crippen LogP contribution in [-0.2, 0) is 11.3 Å². The van der Waals surface area contributed by atoms with Crippen molar-refractivity contribution in [2.75, 3.05) is 33.4 Å². The molecule has 0 radical (unpaired) electrons. The summed E-state index contributed by atoms with van der Waals surface area (Å²) in [5.41, 5.74) is 0.580. The first-order chi connectivity index (χ1) is 12.1. The van der Waals surface area contributed by atoms with Gasteiger partial charge in [0.25, 0.3) is 0 Å². The molecule has 0 saturated carbocycles. The molecular formula is C17H27F2N3O3. The molecule has 0 amide bonds. The molecule has 0 aliphatic carbocycles. The van der Waals surface area contributed by atoms with Crippen molar-refractivity contribution in [1.29, 1.82) is 0 Å². The maximum atomic E-state index is 12.7. The number of hydrogen-bond donors (Lipinski definition) is 2. The number of alkyl halides is 2. The number of nitrogens with one attached hydrogen (secondary N) is 2. The molecular weight excluding hydrogens is 332 g/mol. The summed E-state index contributed by atoms with van der Waals surface area (Å²) in [7, 11) is 1.63. The van der Waals surface area contributed by atoms with Crippen LogP contribution in [0.1, 0.15) is 25.8 Å². The van der Waals surface area contributed by atoms with Crippen LogP contribution in [0.25, 0.3) is 0 Å². The smallest absolute Gasteiger partial charge is 0.387 e. The summed E-state index contributed by atoms with van der Waals surface area (Å²) in [6, 6.07) is 4.91. The Morgan fingerprint density at radius 1 is 1.20 bits per heavy atom. The first-order valence-corrected chi connectivity index (χ1v) is 8.33. The van der Waals surface area contributed by atoms with Crippen LogP contribution in [0, 0.1) is 0 Å². The van der Waals surface area contributed by atoms with Gasteiger partial charge in [-0.2, -0.15) is 8.78 Å². The average molecular weight is 359 g/mol. The molecule has 0 aromatic heterocycles. The van der Waals surface area contributed by atoms with Crippen LogP contribution < -0.4 is 20.1 Å². The van der Waals surface area contributed by atoms with Crippen molar-refractivity contribution < 1.29 is 23.0 Å². The van der Waals surface area contributed by atoms with Crippen LogP contribution in [0.15, 0.2) is 23.2 Å². The number of rotatable bonds is 11. The monoisotopic (exact) mass is 359 g/mol. The second-order valence-corrected chi connectivity index (χ2v) is 5.05. The number of hydrogen-bond acceptors (Lipinski definition) is 4. The van der Waals surface area contributed by atoms with Gasteiger partial charge in [0.15, 0.2) is 5.96 Å². The molecule has 0 unspecified atom stereocenters. The van der Waals surface area contributed by atoms with Crippen molar-refractivity contribution >= 4 is 5.96 Å². The van der Waals surface area contributed by atoms with Gasteiger partial charge in [0, 0.05) is 38.4 Å². The van der Waals surface area contributed by atoms with Crippen LogP contribution in [-0.4, -0.2) is 46.0 Å². The van der Waals surface area contributed by atoms with Gasteiger partial charge in [0.2, 0.25) is 0 Å². The van der Waals surface area contributed by atoms with Crippen molar-refractivity contribution in [2.24, 2.45) is 4.99 Å². The van der Waals surface area contributed by atoms with E-state index >= 15 is 0 Å². The summed E-state index contributed by atoms with van der Waals surface area (Å²) in [5, 5.41) is 6.13. The summed E-state index contributed by atoms with van der Waals surface area (Å²) < 4.78 is 40.6. The number of nitrogens with zero attached hydrogens (tertiary/aromatic N) is 1. The molecule has 6 nitrogen and oxygen atoms in total. The zero-order valence-corrected chi connectivity index (χ0v) is 15.0. The van der Waals surface area contributed by atoms with Gasteiger partial charge in [-0.3, -0.25) is 4.99 Å². The fraction of sp³-hybridized carbons (Fsp3) is 0.588. The highest BCUT2D eigenvalue weighted by Gasteiger charge is 2.12. The van der Waals surface area contributed by atoms with Gasteiger partial charge in [-0.15, -0.1) is 0 Å². The van der Waals surface area contributed by atoms with E-state index in [0.717, 1.165) is 6.42 Å². The number of ether oxygens (including phenoxy) is 3. The number of halogens is 2. The van der Waals surface area contributed by atoms with E-state index < -0.39 is 6.61 Å². The number of guanidine groups is 1. The van der Waals surface area contributed by atoms with Gasteiger partial charge >= 0.3 is 6.61 Å². The third-order valence-corrected chi connectivity index (χ3v) is 3.14. The average Bonchev–Trinajstić information content (AvgIpc) is 2.60. The van der Waals surface area contributed by atoms with Gasteiger partial charge in [-0.1, -0.05) is 6.92 Å². The third-order valence-electron chi connectivity index (χ3n) is 3.14. The maximum Gasteiger partial charge on any atom is 0.387 e. The quantitative estimate of drug-likeness (QED) is 0.361. The highest BCUT2D eigenvalue weighted by molar-refractivity contribution is 5.79. The second kappa shape index (κ2) is 12.3. The molecule has 0 bridgehead atoms. The van der Waals surface area contributed by atoms with E-state index in [0.29, 0.717) is 43.6 Å². The van der Waals surface area contributed by atoms with E-state index in [1.807, 2.05) is 13.8 Å². The molecule has 0 atom stereocenters. The van der Waals surface area contributed by atoms with Gasteiger partial charge in [0.1, 0.15) is 11.5 Å². The van der Waals surface area contributed by atoms with E-state index in [1.165, 1.54) is 6.07 Å². The fourth-order valence-electron chi connectivity index (χ4n) is 1.98. The van der Waals surface area contributed by atoms with Crippen LogP contribution in [0.4, 0.5) is 8.78 Å². The van der Waals surface area contributed by atoms with Crippen molar-refractivity contribution in [2.45, 2.75) is 33.4 Å². The molecule has 2 N–H and O–H groups in total. The Kier molecular flexibility index (Phi) is 10.3. The van der Waals surface area contributed by atoms with Gasteiger partial charge in [0.05, 0.1) is 13.2 Å². The van der Waals surface area contributed by atoms with Crippen molar-refractivity contribution in [1.82, 2.24) is 10.6 Å². The van der Waals surface area contributed by atoms with Crippen LogP contribution in [0.2, 0.25) is 0 Å². The standard InChI is InChI=1S/C17H27F2N3O3/c1-4-9-24-14-7-6-13(15(11-14)25-16(18)19)12-22-17(20-3)21-8-10-23-5-2/h6-7,11,16H,4-5,8-10,12H2,1-3H3,(H2,20,21,22). The summed E-state index contributed by atoms with van der Waals surface area (Å²) in [6.07, 6.45) is 0.831. The lowest BCUT2D eigenvalue weighted by molar-refractivity contribution is -0.0505. The molecule has 8 heteroatoms. The Morgan fingerprint density at radius 3 is 2.64 bits per heavy atom. The van der Waals surface area contributed by atoms with Gasteiger partial charge in [-0.25, -0.2) is 0 Å². The Bertz CT molecular complexity index is 528. The molecule has 1 aromatic rings. The molecule has 0 aliphatic heterocycles. The van der Waals surface area contributed by atoms with Gasteiger partial charge < -0.3 is 24.8 Å². The molecule has 1 aromatic carbocycles. The SMILES string of the molecule is CCCOc1ccc(CNC(=NC)NCCOCC)c(OC(F)F)c1. The zero-order valence-electron chi connectivity index (χ0n) is 15.0. The molecule has 1 rings (SSSR count). The minimum absolute atomic E-state index is 0.0841. The predicted octanol–water partition coefficient (Wildman–Crippen LogP) is 2.78. The predicted molar refractivity (Wildman–Crippen MR) is 93.6 cm³/mol. The number of aliphatic imine (C=N–C) groups is 1. The molecule has 0 heterocycles. The minimum atomic E-state index is -2.90. The highest BCUT2D eigenvalue weighted by atomic mass is 19.3. The minimum Gasteiger partial charge on any atom is -0.493 e. The third kappa shape index (κ3) is 8.53. The summed E-state index contributed by atoms with van der Waals surface area (Å²) in [6.45, 7) is 3.59. The Labute approximate surface area is 147 Å². The summed E-state index contributed by atoms with van der Waals surface area (Å²) >= 11 is 0. The Hall–Kier alpha value is -2.09. The molecule has 142 valence electrons. The van der Waals surface area contributed by atoms with E-state index in [2.05, 4.69) is 20.4 Å². The first kappa shape index (κ1) is 21.0. The van der Waals surface area contributed by atoms with Crippen LogP contribution >= 0.6 is 0 Å². The van der Waals surface area contributed by atoms with E-state index in [9.17, 15) is 8.78 Å². The lowest BCUT2D eigenvalue weighted by Gasteiger charge is -2.16. The van der Waals surface area contributed by atoms with Gasteiger partial charge in [-0.05, 0) is 25.5 Å². The van der Waals surface area contributed by atoms with Crippen LogP contribution in [0.5, 0.6) is 11.5 Å². The van der Waals surface area contributed by atoms with Crippen molar-refractivity contribution in [3.05, 3.63) is 23.8 Å². The van der Waals surface area contributed by atoms with Crippen LogP contribution in [0.3, 0.4) is 0 Å². The summed E-state index contributed by atoms with van der Waals surface area (Å²) in [4.78, 5) is 4.07. The second-order valence-electron chi connectivity index (χ2n) is 5.05. The normalized spacial score (nSPS) is 11.5. The fourth-order valence-corrected chi connectivity index (χ4v) is 1.98. The first-order valence-electron chi connectivity index (χ1n) is 8.33. The number of benzene rings is 1. The molecule has 0 aliphatic rings. The Morgan fingerprint density at radius 2 is 2.00 bits per heavy atom. The zero-order chi connectivity index (χ0) is 18.5. The lowest BCUT2D eigenvalue weighted by atomic mass is 10.2. The molecule has 0 fully saturated rings. The van der Waals surface area contributed by atoms with Crippen molar-refractivity contribution in [3.8, 4) is 11.5 Å².